The first-order chi connectivity index (χ1) is 8.51. The summed E-state index contributed by atoms with van der Waals surface area (Å²) in [4.78, 5) is 23.1. The van der Waals surface area contributed by atoms with Crippen molar-refractivity contribution in [1.29, 1.82) is 0 Å². The highest BCUT2D eigenvalue weighted by atomic mass is 16.5. The lowest BCUT2D eigenvalue weighted by Crippen LogP contribution is -2.09. The number of ether oxygens (including phenoxy) is 2. The van der Waals surface area contributed by atoms with Gasteiger partial charge in [0.15, 0.2) is 0 Å². The van der Waals surface area contributed by atoms with Crippen LogP contribution in [0.3, 0.4) is 0 Å². The van der Waals surface area contributed by atoms with Gasteiger partial charge in [-0.3, -0.25) is 0 Å². The van der Waals surface area contributed by atoms with E-state index >= 15 is 0 Å². The minimum Gasteiger partial charge on any atom is -0.466 e. The molecule has 4 nitrogen and oxygen atoms in total. The molecule has 96 valence electrons. The third kappa shape index (κ3) is 2.97. The van der Waals surface area contributed by atoms with Crippen LogP contribution in [0.25, 0.3) is 5.57 Å². The summed E-state index contributed by atoms with van der Waals surface area (Å²) >= 11 is 0. The summed E-state index contributed by atoms with van der Waals surface area (Å²) in [6.07, 6.45) is 1.15. The number of hydrogen-bond acceptors (Lipinski definition) is 4. The number of carbonyl (C=O) groups is 2. The van der Waals surface area contributed by atoms with Crippen LogP contribution in [0.5, 0.6) is 0 Å². The Morgan fingerprint density at radius 3 is 2.06 bits per heavy atom. The molecule has 1 rings (SSSR count). The van der Waals surface area contributed by atoms with Crippen LogP contribution in [-0.2, 0) is 19.1 Å². The van der Waals surface area contributed by atoms with Crippen molar-refractivity contribution in [3.05, 3.63) is 41.0 Å². The van der Waals surface area contributed by atoms with Crippen LogP contribution in [0.4, 0.5) is 0 Å². The molecule has 0 fully saturated rings. The summed E-state index contributed by atoms with van der Waals surface area (Å²) in [7, 11) is 2.54. The summed E-state index contributed by atoms with van der Waals surface area (Å²) < 4.78 is 9.26. The van der Waals surface area contributed by atoms with Gasteiger partial charge in [0.05, 0.1) is 19.8 Å². The normalized spacial score (nSPS) is 11.0. The monoisotopic (exact) mass is 248 g/mol. The van der Waals surface area contributed by atoms with Crippen molar-refractivity contribution in [3.8, 4) is 0 Å². The standard InChI is InChI=1S/C14H16O4/c1-9-6-5-7-10(2)13(9)11(14(16)18-4)8-12(15)17-3/h5-8H,1-4H3/b11-8-. The van der Waals surface area contributed by atoms with E-state index in [-0.39, 0.29) is 5.57 Å². The van der Waals surface area contributed by atoms with Gasteiger partial charge in [-0.25, -0.2) is 9.59 Å². The molecule has 1 aromatic carbocycles. The van der Waals surface area contributed by atoms with Crippen molar-refractivity contribution in [3.63, 3.8) is 0 Å². The van der Waals surface area contributed by atoms with Crippen molar-refractivity contribution in [2.75, 3.05) is 14.2 Å². The molecule has 0 aliphatic carbocycles. The molecule has 0 heterocycles. The number of carbonyl (C=O) groups excluding carboxylic acids is 2. The molecule has 0 radical (unpaired) electrons. The van der Waals surface area contributed by atoms with E-state index in [1.54, 1.807) is 0 Å². The maximum Gasteiger partial charge on any atom is 0.338 e. The van der Waals surface area contributed by atoms with Crippen LogP contribution in [-0.4, -0.2) is 26.2 Å². The van der Waals surface area contributed by atoms with Crippen molar-refractivity contribution in [1.82, 2.24) is 0 Å². The molecule has 0 aliphatic heterocycles. The molecule has 0 atom stereocenters. The van der Waals surface area contributed by atoms with Gasteiger partial charge in [-0.2, -0.15) is 0 Å². The molecule has 1 aromatic rings. The number of benzene rings is 1. The van der Waals surface area contributed by atoms with Gasteiger partial charge in [0.2, 0.25) is 0 Å². The molecular formula is C14H16O4. The fraction of sp³-hybridized carbons (Fsp3) is 0.286. The molecule has 0 spiro atoms. The quantitative estimate of drug-likeness (QED) is 0.606. The molecule has 0 aliphatic rings. The van der Waals surface area contributed by atoms with Gasteiger partial charge >= 0.3 is 11.9 Å². The largest absolute Gasteiger partial charge is 0.466 e. The lowest BCUT2D eigenvalue weighted by atomic mass is 9.95. The fourth-order valence-corrected chi connectivity index (χ4v) is 1.76. The first-order valence-corrected chi connectivity index (χ1v) is 5.45. The van der Waals surface area contributed by atoms with Crippen molar-refractivity contribution in [2.45, 2.75) is 13.8 Å². The van der Waals surface area contributed by atoms with E-state index in [1.165, 1.54) is 14.2 Å². The molecular weight excluding hydrogens is 232 g/mol. The number of hydrogen-bond donors (Lipinski definition) is 0. The Morgan fingerprint density at radius 1 is 1.06 bits per heavy atom. The Morgan fingerprint density at radius 2 is 1.61 bits per heavy atom. The minimum atomic E-state index is -0.585. The second kappa shape index (κ2) is 6.00. The predicted octanol–water partition coefficient (Wildman–Crippen LogP) is 2.03. The molecule has 0 saturated carbocycles. The smallest absolute Gasteiger partial charge is 0.338 e. The van der Waals surface area contributed by atoms with Crippen LogP contribution in [0, 0.1) is 13.8 Å². The van der Waals surface area contributed by atoms with Gasteiger partial charge in [-0.15, -0.1) is 0 Å². The van der Waals surface area contributed by atoms with Gasteiger partial charge in [-0.05, 0) is 30.5 Å². The van der Waals surface area contributed by atoms with Gasteiger partial charge in [0.25, 0.3) is 0 Å². The molecule has 4 heteroatoms. The summed E-state index contributed by atoms with van der Waals surface area (Å²) in [6, 6.07) is 5.63. The molecule has 0 unspecified atom stereocenters. The molecule has 0 amide bonds. The number of rotatable bonds is 3. The van der Waals surface area contributed by atoms with Crippen molar-refractivity contribution < 1.29 is 19.1 Å². The fourth-order valence-electron chi connectivity index (χ4n) is 1.76. The zero-order valence-electron chi connectivity index (χ0n) is 10.9. The summed E-state index contributed by atoms with van der Waals surface area (Å²) in [5, 5.41) is 0. The molecule has 18 heavy (non-hydrogen) atoms. The highest BCUT2D eigenvalue weighted by molar-refractivity contribution is 6.21. The van der Waals surface area contributed by atoms with E-state index in [9.17, 15) is 9.59 Å². The predicted molar refractivity (Wildman–Crippen MR) is 67.9 cm³/mol. The summed E-state index contributed by atoms with van der Waals surface area (Å²) in [5.41, 5.74) is 2.71. The molecule has 0 aromatic heterocycles. The second-order valence-electron chi connectivity index (χ2n) is 3.84. The van der Waals surface area contributed by atoms with Gasteiger partial charge in [-0.1, -0.05) is 18.2 Å². The van der Waals surface area contributed by atoms with Gasteiger partial charge in [0.1, 0.15) is 0 Å². The Kier molecular flexibility index (Phi) is 4.66. The Balaban J connectivity index is 3.40. The van der Waals surface area contributed by atoms with Crippen molar-refractivity contribution in [2.24, 2.45) is 0 Å². The third-order valence-electron chi connectivity index (χ3n) is 2.62. The zero-order valence-corrected chi connectivity index (χ0v) is 10.9. The number of aryl methyl sites for hydroxylation is 2. The third-order valence-corrected chi connectivity index (χ3v) is 2.62. The first-order valence-electron chi connectivity index (χ1n) is 5.45. The van der Waals surface area contributed by atoms with E-state index in [0.29, 0.717) is 5.56 Å². The first kappa shape index (κ1) is 14.0. The van der Waals surface area contributed by atoms with E-state index in [1.807, 2.05) is 32.0 Å². The highest BCUT2D eigenvalue weighted by Crippen LogP contribution is 2.24. The highest BCUT2D eigenvalue weighted by Gasteiger charge is 2.18. The Labute approximate surface area is 106 Å². The lowest BCUT2D eigenvalue weighted by Gasteiger charge is -2.11. The van der Waals surface area contributed by atoms with Crippen LogP contribution in [0.15, 0.2) is 24.3 Å². The SMILES string of the molecule is COC(=O)/C=C(\C(=O)OC)c1c(C)cccc1C. The topological polar surface area (TPSA) is 52.6 Å². The van der Waals surface area contributed by atoms with Crippen molar-refractivity contribution >= 4 is 17.5 Å². The van der Waals surface area contributed by atoms with Gasteiger partial charge < -0.3 is 9.47 Å². The van der Waals surface area contributed by atoms with Crippen LogP contribution in [0.2, 0.25) is 0 Å². The zero-order chi connectivity index (χ0) is 13.7. The number of esters is 2. The van der Waals surface area contributed by atoms with E-state index in [4.69, 9.17) is 4.74 Å². The van der Waals surface area contributed by atoms with E-state index < -0.39 is 11.9 Å². The summed E-state index contributed by atoms with van der Waals surface area (Å²) in [5.74, 6) is -1.14. The maximum absolute atomic E-state index is 11.8. The Hall–Kier alpha value is -2.10. The number of methoxy groups -OCH3 is 2. The average molecular weight is 248 g/mol. The molecule has 0 saturated heterocycles. The molecule has 0 N–H and O–H groups in total. The van der Waals surface area contributed by atoms with Crippen LogP contribution in [0.1, 0.15) is 16.7 Å². The van der Waals surface area contributed by atoms with Crippen LogP contribution < -0.4 is 0 Å². The van der Waals surface area contributed by atoms with Gasteiger partial charge in [0, 0.05) is 6.08 Å². The maximum atomic E-state index is 11.8. The minimum absolute atomic E-state index is 0.208. The van der Waals surface area contributed by atoms with Crippen LogP contribution >= 0.6 is 0 Å². The molecule has 0 bridgehead atoms. The average Bonchev–Trinajstić information content (AvgIpc) is 2.36. The lowest BCUT2D eigenvalue weighted by molar-refractivity contribution is -0.136. The second-order valence-corrected chi connectivity index (χ2v) is 3.84. The van der Waals surface area contributed by atoms with E-state index in [0.717, 1.165) is 17.2 Å². The Bertz CT molecular complexity index is 480. The summed E-state index contributed by atoms with van der Waals surface area (Å²) in [6.45, 7) is 3.74. The van der Waals surface area contributed by atoms with E-state index in [2.05, 4.69) is 4.74 Å².